The first-order chi connectivity index (χ1) is 9.93. The molecule has 0 bridgehead atoms. The summed E-state index contributed by atoms with van der Waals surface area (Å²) in [5, 5.41) is 20.1. The van der Waals surface area contributed by atoms with E-state index in [1.54, 1.807) is 4.90 Å². The van der Waals surface area contributed by atoms with E-state index in [2.05, 4.69) is 0 Å². The average molecular weight is 333 g/mol. The Kier molecular flexibility index (Phi) is 5.03. The number of benzene rings is 1. The molecular formula is C13H14Cl2N2O4. The molecule has 21 heavy (non-hydrogen) atoms. The normalized spacial score (nSPS) is 18.6. The third kappa shape index (κ3) is 3.45. The number of likely N-dealkylation sites (tertiary alicyclic amines) is 1. The van der Waals surface area contributed by atoms with E-state index in [4.69, 9.17) is 23.2 Å². The highest BCUT2D eigenvalue weighted by atomic mass is 35.5. The maximum absolute atomic E-state index is 12.5. The zero-order valence-electron chi connectivity index (χ0n) is 11.1. The highest BCUT2D eigenvalue weighted by Gasteiger charge is 2.27. The molecule has 8 heteroatoms. The van der Waals surface area contributed by atoms with Gasteiger partial charge in [-0.15, -0.1) is 0 Å². The minimum absolute atomic E-state index is 0.00715. The summed E-state index contributed by atoms with van der Waals surface area (Å²) < 4.78 is 0. The lowest BCUT2D eigenvalue weighted by molar-refractivity contribution is -0.384. The molecule has 1 fully saturated rings. The van der Waals surface area contributed by atoms with Crippen LogP contribution in [0.15, 0.2) is 12.1 Å². The molecule has 1 atom stereocenters. The van der Waals surface area contributed by atoms with Gasteiger partial charge in [0.1, 0.15) is 0 Å². The number of nitro benzene ring substituents is 1. The van der Waals surface area contributed by atoms with Crippen LogP contribution in [0.5, 0.6) is 0 Å². The smallest absolute Gasteiger partial charge is 0.271 e. The Labute approximate surface area is 131 Å². The van der Waals surface area contributed by atoms with Crippen molar-refractivity contribution in [1.29, 1.82) is 0 Å². The van der Waals surface area contributed by atoms with Crippen LogP contribution in [0.1, 0.15) is 23.2 Å². The second-order valence-corrected chi connectivity index (χ2v) is 5.77. The van der Waals surface area contributed by atoms with E-state index in [1.807, 2.05) is 0 Å². The molecule has 6 nitrogen and oxygen atoms in total. The van der Waals surface area contributed by atoms with Crippen molar-refractivity contribution in [2.45, 2.75) is 12.8 Å². The van der Waals surface area contributed by atoms with Crippen molar-refractivity contribution in [2.75, 3.05) is 19.7 Å². The van der Waals surface area contributed by atoms with Gasteiger partial charge in [-0.05, 0) is 18.8 Å². The van der Waals surface area contributed by atoms with Crippen LogP contribution in [0, 0.1) is 16.0 Å². The summed E-state index contributed by atoms with van der Waals surface area (Å²) in [4.78, 5) is 24.3. The molecule has 114 valence electrons. The van der Waals surface area contributed by atoms with Crippen LogP contribution >= 0.6 is 23.2 Å². The number of aliphatic hydroxyl groups excluding tert-OH is 1. The average Bonchev–Trinajstić information content (AvgIpc) is 2.49. The summed E-state index contributed by atoms with van der Waals surface area (Å²) in [5.74, 6) is -0.376. The van der Waals surface area contributed by atoms with Gasteiger partial charge in [-0.25, -0.2) is 0 Å². The highest BCUT2D eigenvalue weighted by Crippen LogP contribution is 2.32. The molecule has 1 amide bonds. The molecule has 1 aliphatic rings. The van der Waals surface area contributed by atoms with Gasteiger partial charge in [0, 0.05) is 31.8 Å². The summed E-state index contributed by atoms with van der Waals surface area (Å²) >= 11 is 11.9. The largest absolute Gasteiger partial charge is 0.396 e. The van der Waals surface area contributed by atoms with E-state index >= 15 is 0 Å². The minimum atomic E-state index is -0.619. The van der Waals surface area contributed by atoms with Crippen LogP contribution in [0.4, 0.5) is 5.69 Å². The van der Waals surface area contributed by atoms with E-state index in [0.29, 0.717) is 13.1 Å². The summed E-state index contributed by atoms with van der Waals surface area (Å²) in [6.45, 7) is 0.950. The first-order valence-electron chi connectivity index (χ1n) is 6.47. The number of halogens is 2. The zero-order chi connectivity index (χ0) is 15.6. The minimum Gasteiger partial charge on any atom is -0.396 e. The highest BCUT2D eigenvalue weighted by molar-refractivity contribution is 6.44. The van der Waals surface area contributed by atoms with Crippen molar-refractivity contribution in [2.24, 2.45) is 5.92 Å². The number of carbonyl (C=O) groups is 1. The Hall–Kier alpha value is -1.37. The van der Waals surface area contributed by atoms with Gasteiger partial charge in [0.25, 0.3) is 11.6 Å². The molecule has 0 aromatic heterocycles. The molecule has 1 aliphatic heterocycles. The molecule has 1 unspecified atom stereocenters. The molecule has 0 radical (unpaired) electrons. The van der Waals surface area contributed by atoms with Crippen molar-refractivity contribution < 1.29 is 14.8 Å². The van der Waals surface area contributed by atoms with Gasteiger partial charge in [-0.1, -0.05) is 23.2 Å². The number of carbonyl (C=O) groups excluding carboxylic acids is 1. The standard InChI is InChI=1S/C13H14Cl2N2O4/c14-11-5-9(17(20)21)4-10(12(11)15)13(19)16-3-1-2-8(6-16)7-18/h4-5,8,18H,1-3,6-7H2. The van der Waals surface area contributed by atoms with E-state index in [-0.39, 0.29) is 33.8 Å². The van der Waals surface area contributed by atoms with Gasteiger partial charge in [-0.2, -0.15) is 0 Å². The number of amides is 1. The van der Waals surface area contributed by atoms with Crippen molar-refractivity contribution in [3.05, 3.63) is 37.9 Å². The maximum Gasteiger partial charge on any atom is 0.271 e. The van der Waals surface area contributed by atoms with Gasteiger partial charge in [-0.3, -0.25) is 14.9 Å². The predicted molar refractivity (Wildman–Crippen MR) is 78.8 cm³/mol. The molecule has 1 aromatic rings. The number of rotatable bonds is 3. The van der Waals surface area contributed by atoms with Crippen LogP contribution in [0.25, 0.3) is 0 Å². The summed E-state index contributed by atoms with van der Waals surface area (Å²) in [5.41, 5.74) is -0.252. The zero-order valence-corrected chi connectivity index (χ0v) is 12.6. The molecule has 1 N–H and O–H groups in total. The van der Waals surface area contributed by atoms with Crippen LogP contribution < -0.4 is 0 Å². The monoisotopic (exact) mass is 332 g/mol. The molecule has 1 heterocycles. The second-order valence-electron chi connectivity index (χ2n) is 4.99. The quantitative estimate of drug-likeness (QED) is 0.681. The van der Waals surface area contributed by atoms with Gasteiger partial charge < -0.3 is 10.0 Å². The number of nitro groups is 1. The van der Waals surface area contributed by atoms with E-state index in [0.717, 1.165) is 25.0 Å². The third-order valence-corrected chi connectivity index (χ3v) is 4.32. The van der Waals surface area contributed by atoms with Crippen molar-refractivity contribution >= 4 is 34.8 Å². The van der Waals surface area contributed by atoms with E-state index in [1.165, 1.54) is 0 Å². The van der Waals surface area contributed by atoms with Crippen molar-refractivity contribution in [1.82, 2.24) is 4.90 Å². The van der Waals surface area contributed by atoms with Gasteiger partial charge in [0.2, 0.25) is 0 Å². The van der Waals surface area contributed by atoms with Gasteiger partial charge in [0.05, 0.1) is 20.5 Å². The Bertz CT molecular complexity index is 580. The number of non-ortho nitro benzene ring substituents is 1. The number of aliphatic hydroxyl groups is 1. The Morgan fingerprint density at radius 3 is 2.81 bits per heavy atom. The van der Waals surface area contributed by atoms with Crippen molar-refractivity contribution in [3.8, 4) is 0 Å². The fraction of sp³-hybridized carbons (Fsp3) is 0.462. The SMILES string of the molecule is O=C(c1cc([N+](=O)[O-])cc(Cl)c1Cl)N1CCCC(CO)C1. The van der Waals surface area contributed by atoms with Crippen LogP contribution in [0.3, 0.4) is 0 Å². The fourth-order valence-corrected chi connectivity index (χ4v) is 2.81. The molecule has 1 saturated heterocycles. The van der Waals surface area contributed by atoms with E-state index in [9.17, 15) is 20.0 Å². The second kappa shape index (κ2) is 6.60. The number of hydrogen-bond donors (Lipinski definition) is 1. The molecule has 1 aromatic carbocycles. The number of piperidine rings is 1. The van der Waals surface area contributed by atoms with Crippen LogP contribution in [-0.4, -0.2) is 40.5 Å². The summed E-state index contributed by atoms with van der Waals surface area (Å²) in [6.07, 6.45) is 1.63. The van der Waals surface area contributed by atoms with Gasteiger partial charge >= 0.3 is 0 Å². The number of hydrogen-bond acceptors (Lipinski definition) is 4. The Morgan fingerprint density at radius 1 is 1.48 bits per heavy atom. The molecule has 2 rings (SSSR count). The first-order valence-corrected chi connectivity index (χ1v) is 7.23. The maximum atomic E-state index is 12.5. The van der Waals surface area contributed by atoms with Crippen LogP contribution in [0.2, 0.25) is 10.0 Å². The molecular weight excluding hydrogens is 319 g/mol. The van der Waals surface area contributed by atoms with E-state index < -0.39 is 10.8 Å². The lowest BCUT2D eigenvalue weighted by Crippen LogP contribution is -2.41. The molecule has 0 spiro atoms. The molecule has 0 aliphatic carbocycles. The Balaban J connectivity index is 2.32. The summed E-state index contributed by atoms with van der Waals surface area (Å²) in [6, 6.07) is 2.26. The van der Waals surface area contributed by atoms with Crippen molar-refractivity contribution in [3.63, 3.8) is 0 Å². The molecule has 0 saturated carbocycles. The third-order valence-electron chi connectivity index (χ3n) is 3.52. The van der Waals surface area contributed by atoms with Gasteiger partial charge in [0.15, 0.2) is 0 Å². The topological polar surface area (TPSA) is 83.7 Å². The fourth-order valence-electron chi connectivity index (χ4n) is 2.40. The predicted octanol–water partition coefficient (Wildman–Crippen LogP) is 2.75. The lowest BCUT2D eigenvalue weighted by atomic mass is 9.98. The van der Waals surface area contributed by atoms with Crippen LogP contribution in [-0.2, 0) is 0 Å². The Morgan fingerprint density at radius 2 is 2.19 bits per heavy atom. The lowest BCUT2D eigenvalue weighted by Gasteiger charge is -2.32. The summed E-state index contributed by atoms with van der Waals surface area (Å²) in [7, 11) is 0. The number of nitrogens with zero attached hydrogens (tertiary/aromatic N) is 2. The first kappa shape index (κ1) is 16.0.